The summed E-state index contributed by atoms with van der Waals surface area (Å²) < 4.78 is 25.7. The highest BCUT2D eigenvalue weighted by Crippen LogP contribution is 2.30. The predicted molar refractivity (Wildman–Crippen MR) is 122 cm³/mol. The number of carbonyl (C=O) groups is 4. The average Bonchev–Trinajstić information content (AvgIpc) is 2.72. The lowest BCUT2D eigenvalue weighted by atomic mass is 10.1. The van der Waals surface area contributed by atoms with Crippen molar-refractivity contribution in [3.8, 4) is 11.5 Å². The van der Waals surface area contributed by atoms with Crippen LogP contribution in [0.3, 0.4) is 0 Å². The number of nitrogens with two attached hydrogens (primary N) is 1. The molecule has 190 valence electrons. The van der Waals surface area contributed by atoms with Gasteiger partial charge in [-0.2, -0.15) is 0 Å². The first kappa shape index (κ1) is 28.9. The van der Waals surface area contributed by atoms with Crippen molar-refractivity contribution >= 4 is 24.1 Å². The molecule has 1 rings (SSSR count). The number of benzene rings is 1. The van der Waals surface area contributed by atoms with Gasteiger partial charge in [-0.25, -0.2) is 4.79 Å². The molecule has 0 aliphatic rings. The Morgan fingerprint density at radius 2 is 1.35 bits per heavy atom. The highest BCUT2D eigenvalue weighted by Gasteiger charge is 2.22. The van der Waals surface area contributed by atoms with E-state index in [0.29, 0.717) is 5.56 Å². The lowest BCUT2D eigenvalue weighted by Gasteiger charge is -2.17. The Labute approximate surface area is 200 Å². The fraction of sp³-hybridized carbons (Fsp3) is 0.583. The Morgan fingerprint density at radius 3 is 1.88 bits per heavy atom. The van der Waals surface area contributed by atoms with Crippen LogP contribution in [0.25, 0.3) is 0 Å². The second-order valence-corrected chi connectivity index (χ2v) is 8.72. The van der Waals surface area contributed by atoms with Crippen LogP contribution < -0.4 is 15.2 Å². The van der Waals surface area contributed by atoms with E-state index in [9.17, 15) is 19.2 Å². The maximum atomic E-state index is 12.3. The van der Waals surface area contributed by atoms with E-state index in [0.717, 1.165) is 0 Å². The first-order valence-electron chi connectivity index (χ1n) is 11.2. The minimum Gasteiger partial charge on any atom is -0.461 e. The molecule has 0 unspecified atom stereocenters. The van der Waals surface area contributed by atoms with Gasteiger partial charge in [-0.15, -0.1) is 0 Å². The second kappa shape index (κ2) is 13.5. The van der Waals surface area contributed by atoms with E-state index in [1.54, 1.807) is 54.5 Å². The highest BCUT2D eigenvalue weighted by atomic mass is 16.7. The lowest BCUT2D eigenvalue weighted by Crippen LogP contribution is -2.36. The molecule has 10 nitrogen and oxygen atoms in total. The molecule has 0 fully saturated rings. The van der Waals surface area contributed by atoms with Crippen molar-refractivity contribution in [1.29, 1.82) is 0 Å². The second-order valence-electron chi connectivity index (χ2n) is 8.72. The zero-order valence-electron chi connectivity index (χ0n) is 20.8. The minimum atomic E-state index is -1.03. The average molecular weight is 482 g/mol. The monoisotopic (exact) mass is 481 g/mol. The quantitative estimate of drug-likeness (QED) is 0.370. The summed E-state index contributed by atoms with van der Waals surface area (Å²) in [6.45, 7) is 11.4. The van der Waals surface area contributed by atoms with Crippen molar-refractivity contribution < 1.29 is 42.9 Å². The zero-order chi connectivity index (χ0) is 26.0. The topological polar surface area (TPSA) is 140 Å². The number of carbonyl (C=O) groups excluding carboxylic acids is 4. The summed E-state index contributed by atoms with van der Waals surface area (Å²) in [5, 5.41) is 0. The number of hydrogen-bond acceptors (Lipinski definition) is 10. The molecule has 0 amide bonds. The van der Waals surface area contributed by atoms with E-state index >= 15 is 0 Å². The van der Waals surface area contributed by atoms with Crippen LogP contribution in [0, 0.1) is 11.8 Å². The Morgan fingerprint density at radius 1 is 0.794 bits per heavy atom. The van der Waals surface area contributed by atoms with Crippen LogP contribution in [0.5, 0.6) is 11.5 Å². The van der Waals surface area contributed by atoms with Gasteiger partial charge >= 0.3 is 24.1 Å². The first-order valence-corrected chi connectivity index (χ1v) is 11.2. The fourth-order valence-corrected chi connectivity index (χ4v) is 2.36. The molecule has 1 aromatic carbocycles. The van der Waals surface area contributed by atoms with Crippen LogP contribution in [0.15, 0.2) is 18.2 Å². The molecule has 0 heterocycles. The molecule has 34 heavy (non-hydrogen) atoms. The molecule has 0 aliphatic heterocycles. The van der Waals surface area contributed by atoms with E-state index in [4.69, 9.17) is 29.4 Å². The maximum Gasteiger partial charge on any atom is 0.508 e. The predicted octanol–water partition coefficient (Wildman–Crippen LogP) is 3.17. The van der Waals surface area contributed by atoms with Crippen LogP contribution in [0.1, 0.15) is 54.0 Å². The molecular weight excluding hydrogens is 446 g/mol. The summed E-state index contributed by atoms with van der Waals surface area (Å²) >= 11 is 0. The van der Waals surface area contributed by atoms with Gasteiger partial charge in [0.1, 0.15) is 18.8 Å². The third kappa shape index (κ3) is 10.2. The normalized spacial score (nSPS) is 12.8. The van der Waals surface area contributed by atoms with Gasteiger partial charge in [0.25, 0.3) is 0 Å². The Hall–Kier alpha value is -3.14. The lowest BCUT2D eigenvalue weighted by molar-refractivity contribution is -0.148. The number of esters is 3. The van der Waals surface area contributed by atoms with E-state index in [1.165, 1.54) is 12.1 Å². The largest absolute Gasteiger partial charge is 0.508 e. The molecule has 0 saturated heterocycles. The van der Waals surface area contributed by atoms with Crippen molar-refractivity contribution in [3.05, 3.63) is 23.8 Å². The Kier molecular flexibility index (Phi) is 11.5. The first-order chi connectivity index (χ1) is 15.8. The third-order valence-electron chi connectivity index (χ3n) is 4.22. The van der Waals surface area contributed by atoms with Crippen LogP contribution in [0.4, 0.5) is 4.79 Å². The third-order valence-corrected chi connectivity index (χ3v) is 4.22. The van der Waals surface area contributed by atoms with E-state index < -0.39 is 42.1 Å². The molecular formula is C24H35NO9. The molecule has 10 heteroatoms. The molecule has 2 N–H and O–H groups in total. The minimum absolute atomic E-state index is 0.0523. The molecule has 2 atom stereocenters. The van der Waals surface area contributed by atoms with Gasteiger partial charge in [0.15, 0.2) is 11.5 Å². The van der Waals surface area contributed by atoms with Gasteiger partial charge in [0.2, 0.25) is 0 Å². The molecule has 0 aliphatic carbocycles. The van der Waals surface area contributed by atoms with Crippen molar-refractivity contribution in [2.75, 3.05) is 6.61 Å². The number of hydrogen-bond donors (Lipinski definition) is 1. The van der Waals surface area contributed by atoms with E-state index in [1.807, 2.05) is 0 Å². The van der Waals surface area contributed by atoms with E-state index in [-0.39, 0.29) is 36.5 Å². The molecule has 0 aromatic heterocycles. The fourth-order valence-electron chi connectivity index (χ4n) is 2.36. The molecule has 0 saturated carbocycles. The van der Waals surface area contributed by atoms with Crippen LogP contribution >= 0.6 is 0 Å². The summed E-state index contributed by atoms with van der Waals surface area (Å²) in [6, 6.07) is 3.54. The summed E-state index contributed by atoms with van der Waals surface area (Å²) in [6.07, 6.45) is -1.85. The van der Waals surface area contributed by atoms with Crippen LogP contribution in [-0.2, 0) is 35.0 Å². The maximum absolute atomic E-state index is 12.3. The van der Waals surface area contributed by atoms with Gasteiger partial charge in [-0.1, -0.05) is 33.8 Å². The smallest absolute Gasteiger partial charge is 0.461 e. The summed E-state index contributed by atoms with van der Waals surface area (Å²) in [4.78, 5) is 47.9. The summed E-state index contributed by atoms with van der Waals surface area (Å²) in [5.41, 5.74) is 6.52. The van der Waals surface area contributed by atoms with Gasteiger partial charge in [-0.05, 0) is 44.9 Å². The molecule has 1 aromatic rings. The van der Waals surface area contributed by atoms with Crippen molar-refractivity contribution in [1.82, 2.24) is 0 Å². The van der Waals surface area contributed by atoms with Gasteiger partial charge in [0.05, 0.1) is 17.9 Å². The van der Waals surface area contributed by atoms with E-state index in [2.05, 4.69) is 0 Å². The Balaban J connectivity index is 2.82. The summed E-state index contributed by atoms with van der Waals surface area (Å²) in [5.74, 6) is -2.34. The van der Waals surface area contributed by atoms with Gasteiger partial charge < -0.3 is 29.4 Å². The Bertz CT molecular complexity index is 864. The van der Waals surface area contributed by atoms with Gasteiger partial charge in [0, 0.05) is 0 Å². The standard InChI is InChI=1S/C24H35NO9/c1-13(2)21(26)33-19-9-8-17(11-20(19)34-22(27)14(3)4)10-18(25)23(28)30-12-16(7)32-24(29)31-15(5)6/h8-9,11,13-16,18H,10,12,25H2,1-7H3/t16-,18-/m0/s1. The zero-order valence-corrected chi connectivity index (χ0v) is 20.8. The van der Waals surface area contributed by atoms with Crippen LogP contribution in [0.2, 0.25) is 0 Å². The SMILES string of the molecule is CC(C)OC(=O)O[C@@H](C)COC(=O)[C@@H](N)Cc1ccc(OC(=O)C(C)C)c(OC(=O)C(C)C)c1. The molecule has 0 bridgehead atoms. The molecule has 0 radical (unpaired) electrons. The van der Waals surface area contributed by atoms with Crippen molar-refractivity contribution in [3.63, 3.8) is 0 Å². The van der Waals surface area contributed by atoms with Crippen molar-refractivity contribution in [2.45, 2.75) is 73.1 Å². The highest BCUT2D eigenvalue weighted by molar-refractivity contribution is 5.78. The van der Waals surface area contributed by atoms with Gasteiger partial charge in [-0.3, -0.25) is 14.4 Å². The van der Waals surface area contributed by atoms with Crippen molar-refractivity contribution in [2.24, 2.45) is 17.6 Å². The number of ether oxygens (including phenoxy) is 5. The summed E-state index contributed by atoms with van der Waals surface area (Å²) in [7, 11) is 0. The molecule has 0 spiro atoms. The number of rotatable bonds is 11. The van der Waals surface area contributed by atoms with Crippen LogP contribution in [-0.4, -0.2) is 48.9 Å².